The van der Waals surface area contributed by atoms with Crippen LogP contribution in [0.15, 0.2) is 48.5 Å². The standard InChI is InChI=1S/C23H19N5O/c1-12-22-26-15-7-5-13(6-8-15)9-14-11-24-23(29)17-10-19(27-20(14)17)16-3-2-4-18(25-12)21(16)28-22/h2-8,10,14,27H,9,11H2,1H3,(H,24,29)(H,26,28). The largest absolute Gasteiger partial charge is 0.357 e. The van der Waals surface area contributed by atoms with Crippen LogP contribution < -0.4 is 10.6 Å². The van der Waals surface area contributed by atoms with E-state index in [-0.39, 0.29) is 11.8 Å². The van der Waals surface area contributed by atoms with Crippen molar-refractivity contribution in [3.05, 3.63) is 71.0 Å². The maximum atomic E-state index is 12.5. The van der Waals surface area contributed by atoms with Crippen LogP contribution >= 0.6 is 0 Å². The third-order valence-corrected chi connectivity index (χ3v) is 5.87. The normalized spacial score (nSPS) is 17.1. The van der Waals surface area contributed by atoms with E-state index >= 15 is 0 Å². The zero-order chi connectivity index (χ0) is 19.5. The third-order valence-electron chi connectivity index (χ3n) is 5.87. The number of para-hydroxylation sites is 1. The number of hydrogen-bond acceptors (Lipinski definition) is 4. The van der Waals surface area contributed by atoms with Gasteiger partial charge in [-0.2, -0.15) is 0 Å². The van der Waals surface area contributed by atoms with Gasteiger partial charge in [0, 0.05) is 35.1 Å². The second-order valence-corrected chi connectivity index (χ2v) is 7.77. The van der Waals surface area contributed by atoms with Crippen molar-refractivity contribution in [3.63, 3.8) is 0 Å². The van der Waals surface area contributed by atoms with Gasteiger partial charge >= 0.3 is 0 Å². The molecule has 1 amide bonds. The van der Waals surface area contributed by atoms with Crippen LogP contribution in [0, 0.1) is 6.92 Å². The van der Waals surface area contributed by atoms with Gasteiger partial charge in [-0.05, 0) is 43.2 Å². The van der Waals surface area contributed by atoms with Crippen LogP contribution in [-0.2, 0) is 6.42 Å². The summed E-state index contributed by atoms with van der Waals surface area (Å²) in [6.07, 6.45) is 0.863. The molecule has 4 aromatic rings. The molecule has 1 atom stereocenters. The number of rotatable bonds is 0. The van der Waals surface area contributed by atoms with E-state index in [0.717, 1.165) is 57.2 Å². The fourth-order valence-electron chi connectivity index (χ4n) is 4.36. The lowest BCUT2D eigenvalue weighted by atomic mass is 9.91. The average Bonchev–Trinajstić information content (AvgIpc) is 3.17. The molecule has 0 fully saturated rings. The summed E-state index contributed by atoms with van der Waals surface area (Å²) in [6, 6.07) is 16.3. The molecule has 0 saturated heterocycles. The number of hydrogen-bond donors (Lipinski definition) is 3. The summed E-state index contributed by atoms with van der Waals surface area (Å²) >= 11 is 0. The zero-order valence-electron chi connectivity index (χ0n) is 15.9. The lowest BCUT2D eigenvalue weighted by molar-refractivity contribution is 0.0940. The van der Waals surface area contributed by atoms with Gasteiger partial charge in [0.1, 0.15) is 5.52 Å². The van der Waals surface area contributed by atoms with Crippen LogP contribution in [-0.4, -0.2) is 27.4 Å². The number of aryl methyl sites for hydroxylation is 1. The van der Waals surface area contributed by atoms with Crippen LogP contribution in [0.25, 0.3) is 22.3 Å². The van der Waals surface area contributed by atoms with Crippen molar-refractivity contribution in [2.24, 2.45) is 0 Å². The molecule has 29 heavy (non-hydrogen) atoms. The number of nitrogens with zero attached hydrogens (tertiary/aromatic N) is 2. The number of benzene rings is 2. The number of aromatic amines is 1. The molecule has 2 aromatic carbocycles. The maximum Gasteiger partial charge on any atom is 0.253 e. The summed E-state index contributed by atoms with van der Waals surface area (Å²) in [4.78, 5) is 25.7. The van der Waals surface area contributed by atoms with Gasteiger partial charge in [0.25, 0.3) is 5.91 Å². The van der Waals surface area contributed by atoms with E-state index in [4.69, 9.17) is 9.97 Å². The monoisotopic (exact) mass is 381 g/mol. The molecule has 142 valence electrons. The van der Waals surface area contributed by atoms with Gasteiger partial charge in [-0.1, -0.05) is 24.3 Å². The van der Waals surface area contributed by atoms with Crippen LogP contribution in [0.2, 0.25) is 0 Å². The van der Waals surface area contributed by atoms with Gasteiger partial charge in [0.05, 0.1) is 16.8 Å². The molecule has 7 rings (SSSR count). The number of anilines is 2. The molecule has 0 spiro atoms. The first-order valence-electron chi connectivity index (χ1n) is 9.80. The zero-order valence-corrected chi connectivity index (χ0v) is 15.9. The Bertz CT molecular complexity index is 1290. The van der Waals surface area contributed by atoms with Gasteiger partial charge in [-0.3, -0.25) is 4.79 Å². The van der Waals surface area contributed by atoms with Crippen molar-refractivity contribution in [1.82, 2.24) is 20.3 Å². The SMILES string of the molecule is Cc1nc2cccc3c2nc1Nc1ccc(cc1)CC1CNC(=O)c2cc-3[nH]c21. The number of fused-ring (bicyclic) bond motifs is 2. The van der Waals surface area contributed by atoms with Crippen LogP contribution in [0.3, 0.4) is 0 Å². The molecule has 1 unspecified atom stereocenters. The Kier molecular flexibility index (Phi) is 3.32. The van der Waals surface area contributed by atoms with Crippen molar-refractivity contribution in [2.75, 3.05) is 11.9 Å². The summed E-state index contributed by atoms with van der Waals surface area (Å²) in [5, 5.41) is 6.45. The van der Waals surface area contributed by atoms with Crippen molar-refractivity contribution in [1.29, 1.82) is 0 Å². The second kappa shape index (κ2) is 5.91. The molecule has 0 saturated carbocycles. The van der Waals surface area contributed by atoms with E-state index in [1.54, 1.807) is 0 Å². The quantitative estimate of drug-likeness (QED) is 0.429. The van der Waals surface area contributed by atoms with Gasteiger partial charge in [0.2, 0.25) is 0 Å². The van der Waals surface area contributed by atoms with Crippen LogP contribution in [0.1, 0.15) is 33.2 Å². The minimum atomic E-state index is -0.0251. The Morgan fingerprint density at radius 2 is 1.90 bits per heavy atom. The van der Waals surface area contributed by atoms with E-state index in [0.29, 0.717) is 6.54 Å². The van der Waals surface area contributed by atoms with Crippen molar-refractivity contribution in [3.8, 4) is 11.3 Å². The predicted molar refractivity (Wildman–Crippen MR) is 113 cm³/mol. The van der Waals surface area contributed by atoms with Crippen LogP contribution in [0.4, 0.5) is 11.5 Å². The van der Waals surface area contributed by atoms with Crippen molar-refractivity contribution < 1.29 is 4.79 Å². The third kappa shape index (κ3) is 2.52. The highest BCUT2D eigenvalue weighted by atomic mass is 16.1. The molecular weight excluding hydrogens is 362 g/mol. The van der Waals surface area contributed by atoms with E-state index < -0.39 is 0 Å². The molecule has 3 N–H and O–H groups in total. The molecule has 3 aliphatic heterocycles. The molecule has 3 aliphatic rings. The fourth-order valence-corrected chi connectivity index (χ4v) is 4.36. The minimum absolute atomic E-state index is 0.0251. The molecule has 6 heteroatoms. The Morgan fingerprint density at radius 1 is 1.03 bits per heavy atom. The molecular formula is C23H19N5O. The number of nitrogens with one attached hydrogen (secondary N) is 3. The summed E-state index contributed by atoms with van der Waals surface area (Å²) in [6.45, 7) is 2.59. The van der Waals surface area contributed by atoms with Gasteiger partial charge in [0.15, 0.2) is 5.82 Å². The topological polar surface area (TPSA) is 82.7 Å². The van der Waals surface area contributed by atoms with Crippen molar-refractivity contribution >= 4 is 28.4 Å². The first-order valence-corrected chi connectivity index (χ1v) is 9.80. The number of carbonyl (C=O) groups is 1. The molecule has 0 radical (unpaired) electrons. The highest BCUT2D eigenvalue weighted by molar-refractivity contribution is 6.00. The smallest absolute Gasteiger partial charge is 0.253 e. The lowest BCUT2D eigenvalue weighted by Gasteiger charge is -2.23. The predicted octanol–water partition coefficient (Wildman–Crippen LogP) is 4.06. The molecule has 0 aliphatic carbocycles. The van der Waals surface area contributed by atoms with E-state index in [9.17, 15) is 4.79 Å². The van der Waals surface area contributed by atoms with Gasteiger partial charge in [-0.15, -0.1) is 0 Å². The Balaban J connectivity index is 1.67. The number of H-pyrrole nitrogens is 1. The lowest BCUT2D eigenvalue weighted by Crippen LogP contribution is -2.35. The first-order chi connectivity index (χ1) is 14.2. The highest BCUT2D eigenvalue weighted by Gasteiger charge is 2.29. The second-order valence-electron chi connectivity index (χ2n) is 7.77. The number of amides is 1. The van der Waals surface area contributed by atoms with Crippen LogP contribution in [0.5, 0.6) is 0 Å². The van der Waals surface area contributed by atoms with Gasteiger partial charge in [-0.25, -0.2) is 9.97 Å². The molecule has 2 aromatic heterocycles. The van der Waals surface area contributed by atoms with Crippen molar-refractivity contribution in [2.45, 2.75) is 19.3 Å². The summed E-state index contributed by atoms with van der Waals surface area (Å²) in [5.41, 5.74) is 8.27. The molecule has 6 nitrogen and oxygen atoms in total. The molecule has 5 heterocycles. The Hall–Kier alpha value is -3.67. The van der Waals surface area contributed by atoms with E-state index in [1.165, 1.54) is 5.56 Å². The van der Waals surface area contributed by atoms with E-state index in [2.05, 4.69) is 39.9 Å². The van der Waals surface area contributed by atoms with Gasteiger partial charge < -0.3 is 15.6 Å². The average molecular weight is 381 g/mol. The number of aromatic nitrogens is 3. The Morgan fingerprint density at radius 3 is 2.76 bits per heavy atom. The number of carbonyl (C=O) groups excluding carboxylic acids is 1. The highest BCUT2D eigenvalue weighted by Crippen LogP contribution is 2.35. The first kappa shape index (κ1) is 16.3. The van der Waals surface area contributed by atoms with E-state index in [1.807, 2.05) is 31.2 Å². The summed E-state index contributed by atoms with van der Waals surface area (Å²) in [5.74, 6) is 0.918. The molecule has 6 bridgehead atoms. The Labute approximate surface area is 167 Å². The summed E-state index contributed by atoms with van der Waals surface area (Å²) in [7, 11) is 0. The maximum absolute atomic E-state index is 12.5. The summed E-state index contributed by atoms with van der Waals surface area (Å²) < 4.78 is 0. The fraction of sp³-hybridized carbons (Fsp3) is 0.174. The minimum Gasteiger partial charge on any atom is -0.357 e.